The summed E-state index contributed by atoms with van der Waals surface area (Å²) in [6, 6.07) is 3.37. The molecule has 1 aromatic heterocycles. The highest BCUT2D eigenvalue weighted by Crippen LogP contribution is 2.09. The van der Waals surface area contributed by atoms with Crippen molar-refractivity contribution in [1.82, 2.24) is 10.3 Å². The highest BCUT2D eigenvalue weighted by molar-refractivity contribution is 5.90. The van der Waals surface area contributed by atoms with Gasteiger partial charge in [-0.25, -0.2) is 5.84 Å². The number of hydrogen-bond acceptors (Lipinski definition) is 5. The number of hydrogen-bond donors (Lipinski definition) is 2. The minimum Gasteiger partial charge on any atom is -0.455 e. The van der Waals surface area contributed by atoms with Gasteiger partial charge in [0.25, 0.3) is 0 Å². The summed E-state index contributed by atoms with van der Waals surface area (Å²) in [4.78, 5) is 13.2. The fourth-order valence-corrected chi connectivity index (χ4v) is 1.37. The first-order chi connectivity index (χ1) is 8.17. The second kappa shape index (κ2) is 7.05. The van der Waals surface area contributed by atoms with Crippen molar-refractivity contribution >= 4 is 5.91 Å². The van der Waals surface area contributed by atoms with Crippen LogP contribution in [0.5, 0.6) is 0 Å². The molecule has 3 N–H and O–H groups in total. The maximum absolute atomic E-state index is 11.2. The van der Waals surface area contributed by atoms with Gasteiger partial charge in [0.15, 0.2) is 5.76 Å². The van der Waals surface area contributed by atoms with Crippen molar-refractivity contribution in [2.45, 2.75) is 13.5 Å². The largest absolute Gasteiger partial charge is 0.455 e. The van der Waals surface area contributed by atoms with Crippen molar-refractivity contribution < 1.29 is 13.9 Å². The van der Waals surface area contributed by atoms with Gasteiger partial charge in [-0.15, -0.1) is 0 Å². The monoisotopic (exact) mass is 241 g/mol. The van der Waals surface area contributed by atoms with Gasteiger partial charge in [-0.3, -0.25) is 15.1 Å². The zero-order valence-corrected chi connectivity index (χ0v) is 10.2. The summed E-state index contributed by atoms with van der Waals surface area (Å²) < 4.78 is 10.6. The minimum absolute atomic E-state index is 0.223. The van der Waals surface area contributed by atoms with Gasteiger partial charge in [0.2, 0.25) is 0 Å². The molecule has 96 valence electrons. The molecule has 1 heterocycles. The minimum atomic E-state index is -0.423. The number of carbonyl (C=O) groups excluding carboxylic acids is 1. The third kappa shape index (κ3) is 4.56. The zero-order chi connectivity index (χ0) is 12.7. The van der Waals surface area contributed by atoms with E-state index in [-0.39, 0.29) is 5.76 Å². The predicted molar refractivity (Wildman–Crippen MR) is 63.2 cm³/mol. The Bertz CT molecular complexity index is 351. The third-order valence-corrected chi connectivity index (χ3v) is 2.26. The number of nitrogen functional groups attached to an aromatic ring is 1. The van der Waals surface area contributed by atoms with Crippen molar-refractivity contribution in [3.8, 4) is 0 Å². The number of furan rings is 1. The summed E-state index contributed by atoms with van der Waals surface area (Å²) in [5.74, 6) is 5.53. The standard InChI is InChI=1S/C11H19N3O3/c1-3-16-7-6-14(2)8-9-4-5-10(17-9)11(15)13-12/h4-5H,3,6-8,12H2,1-2H3,(H,13,15). The lowest BCUT2D eigenvalue weighted by Crippen LogP contribution is -2.29. The van der Waals surface area contributed by atoms with Crippen LogP contribution in [0.4, 0.5) is 0 Å². The lowest BCUT2D eigenvalue weighted by atomic mass is 10.4. The molecule has 0 aliphatic rings. The second-order valence-corrected chi connectivity index (χ2v) is 3.67. The van der Waals surface area contributed by atoms with Crippen LogP contribution in [-0.4, -0.2) is 37.6 Å². The van der Waals surface area contributed by atoms with Crippen LogP contribution in [0.3, 0.4) is 0 Å². The Morgan fingerprint density at radius 2 is 2.35 bits per heavy atom. The quantitative estimate of drug-likeness (QED) is 0.311. The number of nitrogens with one attached hydrogen (secondary N) is 1. The van der Waals surface area contributed by atoms with Crippen molar-refractivity contribution in [3.63, 3.8) is 0 Å². The van der Waals surface area contributed by atoms with Crippen LogP contribution < -0.4 is 11.3 Å². The SMILES string of the molecule is CCOCCN(C)Cc1ccc(C(=O)NN)o1. The van der Waals surface area contributed by atoms with E-state index in [0.29, 0.717) is 13.2 Å². The predicted octanol–water partition coefficient (Wildman–Crippen LogP) is 0.351. The van der Waals surface area contributed by atoms with Crippen LogP contribution in [0.2, 0.25) is 0 Å². The van der Waals surface area contributed by atoms with Gasteiger partial charge in [0.1, 0.15) is 5.76 Å². The Labute approximate surface area is 101 Å². The van der Waals surface area contributed by atoms with Gasteiger partial charge < -0.3 is 9.15 Å². The Hall–Kier alpha value is -1.37. The third-order valence-electron chi connectivity index (χ3n) is 2.26. The molecule has 1 aromatic rings. The topological polar surface area (TPSA) is 80.7 Å². The number of hydrazine groups is 1. The molecule has 17 heavy (non-hydrogen) atoms. The van der Waals surface area contributed by atoms with E-state index in [4.69, 9.17) is 15.0 Å². The first-order valence-corrected chi connectivity index (χ1v) is 5.53. The average Bonchev–Trinajstić information content (AvgIpc) is 2.77. The Morgan fingerprint density at radius 3 is 3.00 bits per heavy atom. The Kier molecular flexibility index (Phi) is 5.68. The molecular weight excluding hydrogens is 222 g/mol. The van der Waals surface area contributed by atoms with Crippen LogP contribution in [0.1, 0.15) is 23.2 Å². The molecule has 0 aliphatic heterocycles. The van der Waals surface area contributed by atoms with E-state index in [0.717, 1.165) is 18.9 Å². The van der Waals surface area contributed by atoms with Crippen molar-refractivity contribution in [2.24, 2.45) is 5.84 Å². The second-order valence-electron chi connectivity index (χ2n) is 3.67. The summed E-state index contributed by atoms with van der Waals surface area (Å²) >= 11 is 0. The smallest absolute Gasteiger partial charge is 0.300 e. The molecule has 0 atom stereocenters. The molecule has 6 nitrogen and oxygen atoms in total. The fourth-order valence-electron chi connectivity index (χ4n) is 1.37. The van der Waals surface area contributed by atoms with E-state index < -0.39 is 5.91 Å². The lowest BCUT2D eigenvalue weighted by Gasteiger charge is -2.14. The molecule has 0 radical (unpaired) electrons. The zero-order valence-electron chi connectivity index (χ0n) is 10.2. The number of ether oxygens (including phenoxy) is 1. The Morgan fingerprint density at radius 1 is 1.59 bits per heavy atom. The molecule has 0 aliphatic carbocycles. The number of carbonyl (C=O) groups is 1. The highest BCUT2D eigenvalue weighted by atomic mass is 16.5. The van der Waals surface area contributed by atoms with E-state index in [1.165, 1.54) is 0 Å². The number of amides is 1. The first-order valence-electron chi connectivity index (χ1n) is 5.53. The number of nitrogens with zero attached hydrogens (tertiary/aromatic N) is 1. The summed E-state index contributed by atoms with van der Waals surface area (Å²) in [7, 11) is 1.96. The van der Waals surface area contributed by atoms with Crippen LogP contribution in [0, 0.1) is 0 Å². The van der Waals surface area contributed by atoms with E-state index in [1.54, 1.807) is 12.1 Å². The lowest BCUT2D eigenvalue weighted by molar-refractivity contribution is 0.0919. The normalized spacial score (nSPS) is 10.8. The van der Waals surface area contributed by atoms with Gasteiger partial charge in [-0.1, -0.05) is 0 Å². The summed E-state index contributed by atoms with van der Waals surface area (Å²) in [6.45, 7) is 4.81. The van der Waals surface area contributed by atoms with Gasteiger partial charge in [0, 0.05) is 13.2 Å². The van der Waals surface area contributed by atoms with E-state index in [2.05, 4.69) is 4.90 Å². The average molecular weight is 241 g/mol. The molecule has 0 unspecified atom stereocenters. The van der Waals surface area contributed by atoms with E-state index in [1.807, 2.05) is 19.4 Å². The maximum Gasteiger partial charge on any atom is 0.300 e. The molecule has 0 saturated carbocycles. The highest BCUT2D eigenvalue weighted by Gasteiger charge is 2.10. The molecule has 0 fully saturated rings. The molecule has 6 heteroatoms. The van der Waals surface area contributed by atoms with Crippen LogP contribution in [0.15, 0.2) is 16.5 Å². The van der Waals surface area contributed by atoms with Crippen molar-refractivity contribution in [2.75, 3.05) is 26.8 Å². The molecule has 0 saturated heterocycles. The van der Waals surface area contributed by atoms with Crippen LogP contribution in [-0.2, 0) is 11.3 Å². The molecule has 1 rings (SSSR count). The maximum atomic E-state index is 11.2. The molecule has 1 amide bonds. The van der Waals surface area contributed by atoms with Crippen LogP contribution >= 0.6 is 0 Å². The van der Waals surface area contributed by atoms with Crippen LogP contribution in [0.25, 0.3) is 0 Å². The van der Waals surface area contributed by atoms with Gasteiger partial charge in [-0.2, -0.15) is 0 Å². The Balaban J connectivity index is 2.40. The number of rotatable bonds is 7. The van der Waals surface area contributed by atoms with Gasteiger partial charge >= 0.3 is 5.91 Å². The van der Waals surface area contributed by atoms with Crippen molar-refractivity contribution in [1.29, 1.82) is 0 Å². The molecular formula is C11H19N3O3. The summed E-state index contributed by atoms with van der Waals surface area (Å²) in [5.41, 5.74) is 2.02. The molecule has 0 spiro atoms. The van der Waals surface area contributed by atoms with E-state index in [9.17, 15) is 4.79 Å². The van der Waals surface area contributed by atoms with Gasteiger partial charge in [0.05, 0.1) is 13.2 Å². The molecule has 0 aromatic carbocycles. The van der Waals surface area contributed by atoms with Crippen molar-refractivity contribution in [3.05, 3.63) is 23.7 Å². The number of likely N-dealkylation sites (N-methyl/N-ethyl adjacent to an activating group) is 1. The number of nitrogens with two attached hydrogens (primary N) is 1. The summed E-state index contributed by atoms with van der Waals surface area (Å²) in [5, 5.41) is 0. The molecule has 0 bridgehead atoms. The van der Waals surface area contributed by atoms with E-state index >= 15 is 0 Å². The fraction of sp³-hybridized carbons (Fsp3) is 0.545. The summed E-state index contributed by atoms with van der Waals surface area (Å²) in [6.07, 6.45) is 0. The van der Waals surface area contributed by atoms with Gasteiger partial charge in [-0.05, 0) is 26.1 Å². The first kappa shape index (κ1) is 13.7.